The number of amides is 1. The van der Waals surface area contributed by atoms with Crippen LogP contribution in [0.4, 0.5) is 5.82 Å². The van der Waals surface area contributed by atoms with Crippen molar-refractivity contribution in [3.63, 3.8) is 0 Å². The van der Waals surface area contributed by atoms with E-state index in [2.05, 4.69) is 10.3 Å². The van der Waals surface area contributed by atoms with Crippen LogP contribution in [-0.2, 0) is 0 Å². The molecule has 0 spiro atoms. The van der Waals surface area contributed by atoms with Gasteiger partial charge < -0.3 is 5.32 Å². The van der Waals surface area contributed by atoms with E-state index in [1.54, 1.807) is 18.2 Å². The molecule has 0 radical (unpaired) electrons. The quantitative estimate of drug-likeness (QED) is 0.855. The van der Waals surface area contributed by atoms with Gasteiger partial charge in [0.2, 0.25) is 0 Å². The average Bonchev–Trinajstić information content (AvgIpc) is 2.29. The van der Waals surface area contributed by atoms with E-state index in [1.165, 1.54) is 0 Å². The van der Waals surface area contributed by atoms with Crippen molar-refractivity contribution in [1.82, 2.24) is 4.98 Å². The van der Waals surface area contributed by atoms with Crippen LogP contribution in [0.2, 0.25) is 0 Å². The van der Waals surface area contributed by atoms with Crippen LogP contribution in [0.5, 0.6) is 0 Å². The summed E-state index contributed by atoms with van der Waals surface area (Å²) in [6, 6.07) is 13.0. The molecule has 0 aliphatic carbocycles. The largest absolute Gasteiger partial charge is 0.307 e. The number of benzene rings is 1. The molecular formula is C14H14N2O. The maximum absolute atomic E-state index is 11.9. The monoisotopic (exact) mass is 226 g/mol. The molecule has 1 N–H and O–H groups in total. The molecule has 86 valence electrons. The van der Waals surface area contributed by atoms with Crippen LogP contribution in [0.15, 0.2) is 42.5 Å². The molecule has 0 atom stereocenters. The number of rotatable bonds is 2. The SMILES string of the molecule is Cc1ccc(C(=O)Nc2cccc(C)n2)cc1. The number of hydrogen-bond acceptors (Lipinski definition) is 2. The summed E-state index contributed by atoms with van der Waals surface area (Å²) in [5, 5.41) is 2.77. The van der Waals surface area contributed by atoms with Crippen molar-refractivity contribution in [3.8, 4) is 0 Å². The molecule has 0 saturated carbocycles. The van der Waals surface area contributed by atoms with Gasteiger partial charge in [0.05, 0.1) is 0 Å². The number of anilines is 1. The number of hydrogen-bond donors (Lipinski definition) is 1. The standard InChI is InChI=1S/C14H14N2O/c1-10-6-8-12(9-7-10)14(17)16-13-5-3-4-11(2)15-13/h3-9H,1-2H3,(H,15,16,17). The zero-order chi connectivity index (χ0) is 12.3. The third-order valence-corrected chi connectivity index (χ3v) is 2.44. The van der Waals surface area contributed by atoms with Crippen LogP contribution in [0.1, 0.15) is 21.6 Å². The third-order valence-electron chi connectivity index (χ3n) is 2.44. The summed E-state index contributed by atoms with van der Waals surface area (Å²) in [4.78, 5) is 16.1. The van der Waals surface area contributed by atoms with Crippen LogP contribution in [0.3, 0.4) is 0 Å². The summed E-state index contributed by atoms with van der Waals surface area (Å²) >= 11 is 0. The van der Waals surface area contributed by atoms with Crippen molar-refractivity contribution in [2.45, 2.75) is 13.8 Å². The first-order chi connectivity index (χ1) is 8.15. The number of pyridine rings is 1. The zero-order valence-corrected chi connectivity index (χ0v) is 9.90. The number of nitrogens with zero attached hydrogens (tertiary/aromatic N) is 1. The van der Waals surface area contributed by atoms with Gasteiger partial charge in [-0.3, -0.25) is 4.79 Å². The molecule has 0 saturated heterocycles. The number of aromatic nitrogens is 1. The topological polar surface area (TPSA) is 42.0 Å². The molecular weight excluding hydrogens is 212 g/mol. The van der Waals surface area contributed by atoms with Crippen LogP contribution in [-0.4, -0.2) is 10.9 Å². The molecule has 0 bridgehead atoms. The van der Waals surface area contributed by atoms with Crippen LogP contribution >= 0.6 is 0 Å². The minimum absolute atomic E-state index is 0.136. The number of aryl methyl sites for hydroxylation is 2. The fraction of sp³-hybridized carbons (Fsp3) is 0.143. The molecule has 2 rings (SSSR count). The molecule has 1 amide bonds. The summed E-state index contributed by atoms with van der Waals surface area (Å²) < 4.78 is 0. The molecule has 2 aromatic rings. The second kappa shape index (κ2) is 4.78. The second-order valence-electron chi connectivity index (χ2n) is 3.98. The highest BCUT2D eigenvalue weighted by Crippen LogP contribution is 2.08. The Balaban J connectivity index is 2.14. The van der Waals surface area contributed by atoms with Gasteiger partial charge in [0.1, 0.15) is 5.82 Å². The second-order valence-corrected chi connectivity index (χ2v) is 3.98. The Morgan fingerprint density at radius 2 is 1.76 bits per heavy atom. The Labute approximate surface area is 101 Å². The van der Waals surface area contributed by atoms with Crippen molar-refractivity contribution in [3.05, 3.63) is 59.3 Å². The predicted octanol–water partition coefficient (Wildman–Crippen LogP) is 2.95. The lowest BCUT2D eigenvalue weighted by Gasteiger charge is -2.05. The van der Waals surface area contributed by atoms with Crippen molar-refractivity contribution in [2.75, 3.05) is 5.32 Å². The van der Waals surface area contributed by atoms with E-state index in [4.69, 9.17) is 0 Å². The predicted molar refractivity (Wildman–Crippen MR) is 68.1 cm³/mol. The fourth-order valence-corrected chi connectivity index (χ4v) is 1.51. The molecule has 1 aromatic carbocycles. The minimum atomic E-state index is -0.136. The van der Waals surface area contributed by atoms with Gasteiger partial charge in [0.15, 0.2) is 0 Å². The fourth-order valence-electron chi connectivity index (χ4n) is 1.51. The van der Waals surface area contributed by atoms with Crippen LogP contribution in [0, 0.1) is 13.8 Å². The number of carbonyl (C=O) groups is 1. The van der Waals surface area contributed by atoms with Crippen molar-refractivity contribution in [2.24, 2.45) is 0 Å². The molecule has 3 heteroatoms. The summed E-state index contributed by atoms with van der Waals surface area (Å²) in [6.07, 6.45) is 0. The molecule has 0 aliphatic heterocycles. The Hall–Kier alpha value is -2.16. The lowest BCUT2D eigenvalue weighted by atomic mass is 10.1. The van der Waals surface area contributed by atoms with E-state index in [-0.39, 0.29) is 5.91 Å². The highest BCUT2D eigenvalue weighted by atomic mass is 16.1. The van der Waals surface area contributed by atoms with Crippen molar-refractivity contribution in [1.29, 1.82) is 0 Å². The van der Waals surface area contributed by atoms with Crippen LogP contribution in [0.25, 0.3) is 0 Å². The van der Waals surface area contributed by atoms with Gasteiger partial charge >= 0.3 is 0 Å². The van der Waals surface area contributed by atoms with E-state index < -0.39 is 0 Å². The summed E-state index contributed by atoms with van der Waals surface area (Å²) in [5.41, 5.74) is 2.65. The number of nitrogens with one attached hydrogen (secondary N) is 1. The minimum Gasteiger partial charge on any atom is -0.307 e. The molecule has 3 nitrogen and oxygen atoms in total. The van der Waals surface area contributed by atoms with Gasteiger partial charge in [-0.15, -0.1) is 0 Å². The highest BCUT2D eigenvalue weighted by molar-refractivity contribution is 6.03. The Morgan fingerprint density at radius 1 is 1.06 bits per heavy atom. The van der Waals surface area contributed by atoms with Gasteiger partial charge in [-0.2, -0.15) is 0 Å². The lowest BCUT2D eigenvalue weighted by molar-refractivity contribution is 0.102. The van der Waals surface area contributed by atoms with Gasteiger partial charge in [-0.05, 0) is 38.1 Å². The van der Waals surface area contributed by atoms with Crippen LogP contribution < -0.4 is 5.32 Å². The summed E-state index contributed by atoms with van der Waals surface area (Å²) in [5.74, 6) is 0.443. The zero-order valence-electron chi connectivity index (χ0n) is 9.90. The Morgan fingerprint density at radius 3 is 2.41 bits per heavy atom. The lowest BCUT2D eigenvalue weighted by Crippen LogP contribution is -2.12. The highest BCUT2D eigenvalue weighted by Gasteiger charge is 2.05. The number of carbonyl (C=O) groups excluding carboxylic acids is 1. The maximum Gasteiger partial charge on any atom is 0.256 e. The smallest absolute Gasteiger partial charge is 0.256 e. The van der Waals surface area contributed by atoms with E-state index in [1.807, 2.05) is 38.1 Å². The van der Waals surface area contributed by atoms with E-state index in [0.29, 0.717) is 11.4 Å². The Kier molecular flexibility index (Phi) is 3.19. The van der Waals surface area contributed by atoms with Crippen molar-refractivity contribution >= 4 is 11.7 Å². The molecule has 0 fully saturated rings. The van der Waals surface area contributed by atoms with Gasteiger partial charge in [0.25, 0.3) is 5.91 Å². The molecule has 1 aromatic heterocycles. The van der Waals surface area contributed by atoms with Gasteiger partial charge in [-0.25, -0.2) is 4.98 Å². The molecule has 1 heterocycles. The van der Waals surface area contributed by atoms with Crippen molar-refractivity contribution < 1.29 is 4.79 Å². The van der Waals surface area contributed by atoms with Gasteiger partial charge in [0, 0.05) is 11.3 Å². The molecule has 17 heavy (non-hydrogen) atoms. The first-order valence-electron chi connectivity index (χ1n) is 5.47. The third kappa shape index (κ3) is 2.91. The van der Waals surface area contributed by atoms with E-state index in [0.717, 1.165) is 11.3 Å². The maximum atomic E-state index is 11.9. The summed E-state index contributed by atoms with van der Waals surface area (Å²) in [7, 11) is 0. The van der Waals surface area contributed by atoms with E-state index in [9.17, 15) is 4.79 Å². The molecule has 0 aliphatic rings. The first-order valence-corrected chi connectivity index (χ1v) is 5.47. The first kappa shape index (κ1) is 11.3. The summed E-state index contributed by atoms with van der Waals surface area (Å²) in [6.45, 7) is 3.88. The van der Waals surface area contributed by atoms with Gasteiger partial charge in [-0.1, -0.05) is 23.8 Å². The average molecular weight is 226 g/mol. The normalized spacial score (nSPS) is 10.0. The molecule has 0 unspecified atom stereocenters. The van der Waals surface area contributed by atoms with E-state index >= 15 is 0 Å². The Bertz CT molecular complexity index is 532.